The van der Waals surface area contributed by atoms with E-state index in [1.165, 1.54) is 0 Å². The van der Waals surface area contributed by atoms with Gasteiger partial charge in [-0.15, -0.1) is 0 Å². The molecule has 40 valence electrons. The molecular formula is H2CaI4PbTi. The molecule has 0 spiro atoms. The molecule has 0 saturated carbocycles. The van der Waals surface area contributed by atoms with Gasteiger partial charge in [0.1, 0.15) is 0 Å². The fourth-order valence-electron chi connectivity index (χ4n) is 0. The van der Waals surface area contributed by atoms with Crippen molar-refractivity contribution in [3.05, 3.63) is 0 Å². The Kier molecular flexibility index (Phi) is 26.3. The summed E-state index contributed by atoms with van der Waals surface area (Å²) < 4.78 is -1.40. The molecule has 0 bridgehead atoms. The minimum atomic E-state index is -1.40. The Morgan fingerprint density at radius 2 is 1.00 bits per heavy atom. The van der Waals surface area contributed by atoms with Gasteiger partial charge in [-0.1, -0.05) is 0 Å². The number of hydrogen-bond donors (Lipinski definition) is 0. The maximum Gasteiger partial charge on any atom is 0 e. The van der Waals surface area contributed by atoms with Crippen molar-refractivity contribution in [1.29, 1.82) is 0 Å². The van der Waals surface area contributed by atoms with Crippen molar-refractivity contribution in [2.75, 3.05) is 0 Å². The first kappa shape index (κ1) is 18.6. The minimum Gasteiger partial charge on any atom is 0 e. The maximum atomic E-state index is 2.56. The van der Waals surface area contributed by atoms with Crippen molar-refractivity contribution < 1.29 is 24.6 Å². The van der Waals surface area contributed by atoms with Crippen LogP contribution in [0.1, 0.15) is 2.85 Å². The van der Waals surface area contributed by atoms with Gasteiger partial charge in [0.2, 0.25) is 0 Å². The molecule has 0 atom stereocenters. The largest absolute Gasteiger partial charge is 0 e. The van der Waals surface area contributed by atoms with E-state index in [-0.39, 0.29) is 62.3 Å². The monoisotopic (exact) mass is 806 g/mol. The average molecular weight is 805 g/mol. The van der Waals surface area contributed by atoms with E-state index in [9.17, 15) is 0 Å². The molecule has 0 aromatic heterocycles. The van der Waals surface area contributed by atoms with E-state index in [0.717, 1.165) is 0 Å². The molecule has 0 radical (unpaired) electrons. The van der Waals surface area contributed by atoms with Crippen molar-refractivity contribution in [1.82, 2.24) is 0 Å². The smallest absolute Gasteiger partial charge is 0 e. The standard InChI is InChI=1S/Ca.4HI.Pb.Ti.2H/h;4*1H;;;;/q+2;;;;;+4;;2*-1/p-4. The van der Waals surface area contributed by atoms with Gasteiger partial charge in [0.15, 0.2) is 0 Å². The molecule has 0 aromatic carbocycles. The first-order valence-electron chi connectivity index (χ1n) is 0.756. The van der Waals surface area contributed by atoms with Crippen molar-refractivity contribution in [3.8, 4) is 0 Å². The van der Waals surface area contributed by atoms with Crippen LogP contribution in [-0.4, -0.2) is 41.7 Å². The maximum absolute atomic E-state index is 2.56. The van der Waals surface area contributed by atoms with Crippen LogP contribution in [0.5, 0.6) is 0 Å². The summed E-state index contributed by atoms with van der Waals surface area (Å²) in [5, 5.41) is 0. The van der Waals surface area contributed by atoms with Crippen LogP contribution in [0.25, 0.3) is 0 Å². The molecule has 0 aromatic rings. The van der Waals surface area contributed by atoms with Crippen LogP contribution in [-0.2, 0) is 21.7 Å². The summed E-state index contributed by atoms with van der Waals surface area (Å²) in [6.07, 6.45) is 0. The molecule has 0 nitrogen and oxygen atoms in total. The van der Waals surface area contributed by atoms with Gasteiger partial charge < -0.3 is 2.85 Å². The van der Waals surface area contributed by atoms with Crippen LogP contribution in [0.4, 0.5) is 0 Å². The van der Waals surface area contributed by atoms with Gasteiger partial charge in [0.25, 0.3) is 0 Å². The topological polar surface area (TPSA) is 0 Å². The summed E-state index contributed by atoms with van der Waals surface area (Å²) in [6.45, 7) is 0. The fourth-order valence-corrected chi connectivity index (χ4v) is 0. The fraction of sp³-hybridized carbons (Fsp3) is 0. The van der Waals surface area contributed by atoms with Gasteiger partial charge in [-0.3, -0.25) is 0 Å². The summed E-state index contributed by atoms with van der Waals surface area (Å²) >= 11 is 10.2. The molecule has 0 fully saturated rings. The normalized spacial score (nSPS) is 8.57. The van der Waals surface area contributed by atoms with Crippen molar-refractivity contribution >= 4 is 113 Å². The Morgan fingerprint density at radius 1 is 1.00 bits per heavy atom. The third-order valence-corrected chi connectivity index (χ3v) is 0. The number of hydrogen-bond acceptors (Lipinski definition) is 0. The van der Waals surface area contributed by atoms with E-state index >= 15 is 0 Å². The molecule has 0 saturated heterocycles. The van der Waals surface area contributed by atoms with Crippen LogP contribution in [0.3, 0.4) is 0 Å². The second-order valence-corrected chi connectivity index (χ2v) is 169. The summed E-state index contributed by atoms with van der Waals surface area (Å²) in [5.74, 6) is 0. The summed E-state index contributed by atoms with van der Waals surface area (Å²) in [5.41, 5.74) is 0. The third-order valence-electron chi connectivity index (χ3n) is 0. The van der Waals surface area contributed by atoms with E-state index in [2.05, 4.69) is 71.0 Å². The van der Waals surface area contributed by atoms with Crippen LogP contribution in [0.15, 0.2) is 0 Å². The third kappa shape index (κ3) is 33.7. The first-order valence-corrected chi connectivity index (χ1v) is 44.5. The van der Waals surface area contributed by atoms with Gasteiger partial charge in [0, 0.05) is 21.7 Å². The van der Waals surface area contributed by atoms with Gasteiger partial charge in [-0.2, -0.15) is 0 Å². The Bertz CT molecular complexity index is 34.0. The molecule has 0 amide bonds. The number of halogens is 4. The summed E-state index contributed by atoms with van der Waals surface area (Å²) in [7, 11) is 0. The van der Waals surface area contributed by atoms with E-state index in [4.69, 9.17) is 0 Å². The zero-order chi connectivity index (χ0) is 4.50. The molecule has 0 aliphatic rings. The Labute approximate surface area is 132 Å². The second kappa shape index (κ2) is 9.90. The van der Waals surface area contributed by atoms with E-state index < -0.39 is 4.00 Å². The van der Waals surface area contributed by atoms with Gasteiger partial charge in [-0.25, -0.2) is 0 Å². The molecule has 0 aliphatic heterocycles. The summed E-state index contributed by atoms with van der Waals surface area (Å²) in [4.78, 5) is 0. The van der Waals surface area contributed by atoms with Gasteiger partial charge in [-0.05, 0) is 0 Å². The molecule has 7 heteroatoms. The molecular weight excluding hydrogens is 803 g/mol. The van der Waals surface area contributed by atoms with E-state index in [1.54, 1.807) is 0 Å². The second-order valence-electron chi connectivity index (χ2n) is 0.429. The zero-order valence-electron chi connectivity index (χ0n) is 5.22. The quantitative estimate of drug-likeness (QED) is 0.262. The van der Waals surface area contributed by atoms with Crippen LogP contribution < -0.4 is 0 Å². The Balaban J connectivity index is -0.0000000133. The van der Waals surface area contributed by atoms with Crippen molar-refractivity contribution in [2.45, 2.75) is 0 Å². The Morgan fingerprint density at radius 3 is 1.00 bits per heavy atom. The van der Waals surface area contributed by atoms with E-state index in [0.29, 0.717) is 0 Å². The number of rotatable bonds is 0. The van der Waals surface area contributed by atoms with Gasteiger partial charge >= 0.3 is 113 Å². The average Bonchev–Trinajstić information content (AvgIpc) is 0.722. The van der Waals surface area contributed by atoms with Crippen molar-refractivity contribution in [3.63, 3.8) is 0 Å². The van der Waals surface area contributed by atoms with Crippen LogP contribution >= 0.6 is 71.0 Å². The molecule has 0 aliphatic carbocycles. The van der Waals surface area contributed by atoms with Crippen LogP contribution in [0.2, 0.25) is 0 Å². The zero-order valence-corrected chi connectivity index (χ0v) is 19.5. The SMILES string of the molecule is [Ca+2].[H-].[H-].[I][Pb]([I])([I])[I].[Ti]. The Hall–Kier alpha value is 5.82. The molecule has 0 rings (SSSR count). The molecule has 0 unspecified atom stereocenters. The predicted octanol–water partition coefficient (Wildman–Crippen LogP) is 3.00. The summed E-state index contributed by atoms with van der Waals surface area (Å²) in [6, 6.07) is 0. The molecule has 7 heavy (non-hydrogen) atoms. The van der Waals surface area contributed by atoms with Gasteiger partial charge in [0.05, 0.1) is 0 Å². The predicted molar refractivity (Wildman–Crippen MR) is 69.8 cm³/mol. The van der Waals surface area contributed by atoms with E-state index in [1.807, 2.05) is 0 Å². The molecule has 0 heterocycles. The van der Waals surface area contributed by atoms with Crippen LogP contribution in [0, 0.1) is 0 Å². The van der Waals surface area contributed by atoms with Crippen molar-refractivity contribution in [2.24, 2.45) is 0 Å². The molecule has 0 N–H and O–H groups in total. The minimum absolute atomic E-state index is 0. The first-order chi connectivity index (χ1) is 2.00.